The third-order valence-corrected chi connectivity index (χ3v) is 6.24. The summed E-state index contributed by atoms with van der Waals surface area (Å²) < 4.78 is 8.67. The van der Waals surface area contributed by atoms with Crippen LogP contribution in [0.3, 0.4) is 0 Å². The van der Waals surface area contributed by atoms with Gasteiger partial charge in [-0.15, -0.1) is 4.33 Å². The van der Waals surface area contributed by atoms with E-state index >= 15 is 0 Å². The molecular weight excluding hydrogens is 316 g/mol. The lowest BCUT2D eigenvalue weighted by molar-refractivity contribution is -0.777. The van der Waals surface area contributed by atoms with Crippen LogP contribution in [-0.4, -0.2) is 79.9 Å². The van der Waals surface area contributed by atoms with Gasteiger partial charge in [-0.3, -0.25) is 9.22 Å². The summed E-state index contributed by atoms with van der Waals surface area (Å²) in [4.78, 5) is 0. The molecule has 11 heteroatoms. The molecule has 0 spiro atoms. The highest BCUT2D eigenvalue weighted by Crippen LogP contribution is 2.25. The molecule has 1 aliphatic rings. The van der Waals surface area contributed by atoms with E-state index in [1.54, 1.807) is 0 Å². The van der Waals surface area contributed by atoms with E-state index in [1.807, 2.05) is 0 Å². The maximum Gasteiger partial charge on any atom is 0.194 e. The van der Waals surface area contributed by atoms with Gasteiger partial charge < -0.3 is 30.8 Å². The van der Waals surface area contributed by atoms with Crippen LogP contribution in [0.25, 0.3) is 0 Å². The predicted molar refractivity (Wildman–Crippen MR) is 67.7 cm³/mol. The number of hydrogen-bond donors (Lipinski definition) is 5. The second kappa shape index (κ2) is 9.38. The molecule has 0 bridgehead atoms. The van der Waals surface area contributed by atoms with Crippen LogP contribution in [0.4, 0.5) is 0 Å². The molecule has 0 aromatic heterocycles. The lowest BCUT2D eigenvalue weighted by atomic mass is 10.2. The van der Waals surface area contributed by atoms with Crippen molar-refractivity contribution < 1.29 is 44.3 Å². The first-order valence-corrected chi connectivity index (χ1v) is 8.05. The maximum atomic E-state index is 9.94. The predicted octanol–water partition coefficient (Wildman–Crippen LogP) is -3.77. The van der Waals surface area contributed by atoms with E-state index < -0.39 is 47.2 Å². The summed E-state index contributed by atoms with van der Waals surface area (Å²) in [5.74, 6) is 0.387. The van der Waals surface area contributed by atoms with Crippen LogP contribution >= 0.6 is 12.3 Å². The van der Waals surface area contributed by atoms with Crippen LogP contribution in [0.15, 0.2) is 0 Å². The average Bonchev–Trinajstić information content (AvgIpc) is 2.69. The van der Waals surface area contributed by atoms with Gasteiger partial charge in [0, 0.05) is 10.9 Å². The van der Waals surface area contributed by atoms with Gasteiger partial charge in [0.25, 0.3) is 0 Å². The summed E-state index contributed by atoms with van der Waals surface area (Å²) in [6, 6.07) is 0. The highest BCUT2D eigenvalue weighted by Gasteiger charge is 2.50. The van der Waals surface area contributed by atoms with E-state index in [2.05, 4.69) is 9.37 Å². The summed E-state index contributed by atoms with van der Waals surface area (Å²) in [5, 5.41) is 59.5. The molecular formula is C9H18O9S2. The molecule has 0 saturated carbocycles. The van der Waals surface area contributed by atoms with Crippen molar-refractivity contribution in [3.05, 3.63) is 0 Å². The third kappa shape index (κ3) is 4.96. The van der Waals surface area contributed by atoms with Gasteiger partial charge in [0.05, 0.1) is 13.2 Å². The van der Waals surface area contributed by atoms with Crippen molar-refractivity contribution in [3.8, 4) is 0 Å². The molecule has 0 aromatic rings. The first-order chi connectivity index (χ1) is 9.54. The Morgan fingerprint density at radius 3 is 2.60 bits per heavy atom. The standard InChI is InChI=1S/C9H18O9S2/c10-1-7(16-19-18-17-15)5(12)3-20-4-6(13)9(14)8(20)2-11/h5-14H,1-4H2/t5-,6-,7+,8-,9+,20?/m1/s1. The second-order valence-corrected chi connectivity index (χ2v) is 7.05. The van der Waals surface area contributed by atoms with E-state index in [1.165, 1.54) is 0 Å². The summed E-state index contributed by atoms with van der Waals surface area (Å²) in [7, 11) is -0.619. The monoisotopic (exact) mass is 334 g/mol. The lowest BCUT2D eigenvalue weighted by Gasteiger charge is -2.20. The minimum atomic E-state index is -1.11. The summed E-state index contributed by atoms with van der Waals surface area (Å²) >= 11 is 0.180. The normalized spacial score (nSPS) is 33.3. The van der Waals surface area contributed by atoms with E-state index in [0.29, 0.717) is 0 Å². The Kier molecular flexibility index (Phi) is 8.62. The Bertz CT molecular complexity index is 272. The average molecular weight is 334 g/mol. The Balaban J connectivity index is 2.48. The molecule has 0 amide bonds. The zero-order chi connectivity index (χ0) is 15.1. The summed E-state index contributed by atoms with van der Waals surface area (Å²) in [6.07, 6.45) is -4.12. The molecule has 0 aromatic carbocycles. The minimum absolute atomic E-state index is 0.128. The fraction of sp³-hybridized carbons (Fsp3) is 1.00. The Hall–Kier alpha value is 0.340. The number of aliphatic hydroxyl groups is 5. The molecule has 120 valence electrons. The number of hydrogen-bond acceptors (Lipinski definition) is 10. The van der Waals surface area contributed by atoms with E-state index in [4.69, 9.17) is 9.29 Å². The van der Waals surface area contributed by atoms with E-state index in [0.717, 1.165) is 0 Å². The molecule has 1 rings (SSSR count). The lowest BCUT2D eigenvalue weighted by Crippen LogP contribution is -2.41. The molecule has 9 nitrogen and oxygen atoms in total. The van der Waals surface area contributed by atoms with Gasteiger partial charge in [0.15, 0.2) is 17.6 Å². The van der Waals surface area contributed by atoms with Gasteiger partial charge in [0.2, 0.25) is 0 Å². The van der Waals surface area contributed by atoms with E-state index in [-0.39, 0.29) is 30.4 Å². The molecule has 1 heterocycles. The topological polar surface area (TPSA) is 152 Å². The fourth-order valence-corrected chi connectivity index (χ4v) is 4.96. The quantitative estimate of drug-likeness (QED) is 0.0933. The van der Waals surface area contributed by atoms with Gasteiger partial charge in [-0.25, -0.2) is 0 Å². The van der Waals surface area contributed by atoms with Crippen molar-refractivity contribution in [2.45, 2.75) is 29.7 Å². The van der Waals surface area contributed by atoms with Crippen LogP contribution in [0.5, 0.6) is 0 Å². The van der Waals surface area contributed by atoms with Gasteiger partial charge in [0.1, 0.15) is 35.9 Å². The molecule has 5 N–H and O–H groups in total. The molecule has 20 heavy (non-hydrogen) atoms. The summed E-state index contributed by atoms with van der Waals surface area (Å²) in [6.45, 7) is -0.830. The van der Waals surface area contributed by atoms with Crippen molar-refractivity contribution in [1.29, 1.82) is 0 Å². The largest absolute Gasteiger partial charge is 0.691 e. The molecule has 0 radical (unpaired) electrons. The Morgan fingerprint density at radius 1 is 1.35 bits per heavy atom. The minimum Gasteiger partial charge on any atom is -0.691 e. The van der Waals surface area contributed by atoms with Crippen LogP contribution in [0, 0.1) is 0 Å². The van der Waals surface area contributed by atoms with Crippen molar-refractivity contribution in [2.24, 2.45) is 0 Å². The van der Waals surface area contributed by atoms with E-state index in [9.17, 15) is 25.7 Å². The smallest absolute Gasteiger partial charge is 0.194 e. The van der Waals surface area contributed by atoms with Crippen molar-refractivity contribution in [2.75, 3.05) is 24.7 Å². The maximum absolute atomic E-state index is 9.94. The fourth-order valence-electron chi connectivity index (χ4n) is 1.91. The molecule has 0 aliphatic carbocycles. The van der Waals surface area contributed by atoms with Crippen LogP contribution < -0.4 is 5.26 Å². The highest BCUT2D eigenvalue weighted by molar-refractivity contribution is 7.97. The molecule has 1 fully saturated rings. The molecule has 1 aliphatic heterocycles. The highest BCUT2D eigenvalue weighted by atomic mass is 32.2. The first-order valence-electron chi connectivity index (χ1n) is 5.76. The zero-order valence-corrected chi connectivity index (χ0v) is 12.0. The molecule has 1 saturated heterocycles. The van der Waals surface area contributed by atoms with Crippen LogP contribution in [-0.2, 0) is 24.5 Å². The van der Waals surface area contributed by atoms with Crippen molar-refractivity contribution >= 4 is 23.2 Å². The Morgan fingerprint density at radius 2 is 2.05 bits per heavy atom. The molecule has 1 unspecified atom stereocenters. The van der Waals surface area contributed by atoms with Crippen LogP contribution in [0.2, 0.25) is 0 Å². The van der Waals surface area contributed by atoms with Crippen molar-refractivity contribution in [1.82, 2.24) is 0 Å². The Labute approximate surface area is 122 Å². The number of aliphatic hydroxyl groups excluding tert-OH is 5. The third-order valence-electron chi connectivity index (χ3n) is 2.98. The summed E-state index contributed by atoms with van der Waals surface area (Å²) in [5.41, 5.74) is 0. The van der Waals surface area contributed by atoms with Gasteiger partial charge >= 0.3 is 0 Å². The SMILES string of the molecule is [O-]OOSO[C@@H](CO)[C@H](O)C[S+]1C[C@@H](O)[C@H](O)[C@H]1CO. The van der Waals surface area contributed by atoms with Crippen molar-refractivity contribution in [3.63, 3.8) is 0 Å². The van der Waals surface area contributed by atoms with Gasteiger partial charge in [-0.2, -0.15) is 0 Å². The van der Waals surface area contributed by atoms with Gasteiger partial charge in [-0.1, -0.05) is 0 Å². The molecule has 6 atom stereocenters. The zero-order valence-electron chi connectivity index (χ0n) is 10.4. The number of rotatable bonds is 9. The first kappa shape index (κ1) is 18.4. The van der Waals surface area contributed by atoms with Gasteiger partial charge in [-0.05, 0) is 0 Å². The second-order valence-electron chi connectivity index (χ2n) is 4.24. The van der Waals surface area contributed by atoms with Crippen LogP contribution in [0.1, 0.15) is 0 Å².